The summed E-state index contributed by atoms with van der Waals surface area (Å²) in [6, 6.07) is 10.6. The van der Waals surface area contributed by atoms with Crippen LogP contribution in [0.4, 0.5) is 13.2 Å². The summed E-state index contributed by atoms with van der Waals surface area (Å²) in [5.74, 6) is 0.607. The molecular formula is C19H30F3N5. The lowest BCUT2D eigenvalue weighted by molar-refractivity contribution is -0.142. The zero-order chi connectivity index (χ0) is 19.7. The smallest absolute Gasteiger partial charge is 0.355 e. The summed E-state index contributed by atoms with van der Waals surface area (Å²) >= 11 is 0. The first kappa shape index (κ1) is 21.5. The summed E-state index contributed by atoms with van der Waals surface area (Å²) in [6.45, 7) is 2.62. The first-order valence-corrected chi connectivity index (χ1v) is 9.38. The van der Waals surface area contributed by atoms with E-state index in [1.54, 1.807) is 7.05 Å². The van der Waals surface area contributed by atoms with Gasteiger partial charge in [0.2, 0.25) is 0 Å². The van der Waals surface area contributed by atoms with Crippen molar-refractivity contribution in [3.63, 3.8) is 0 Å². The predicted octanol–water partition coefficient (Wildman–Crippen LogP) is 2.48. The van der Waals surface area contributed by atoms with Gasteiger partial charge in [0.25, 0.3) is 0 Å². The monoisotopic (exact) mass is 385 g/mol. The minimum absolute atomic E-state index is 0.250. The van der Waals surface area contributed by atoms with Gasteiger partial charge >= 0.3 is 6.18 Å². The third-order valence-electron chi connectivity index (χ3n) is 4.69. The molecule has 5 nitrogen and oxygen atoms in total. The molecule has 1 aliphatic rings. The fourth-order valence-corrected chi connectivity index (χ4v) is 3.35. The van der Waals surface area contributed by atoms with Crippen molar-refractivity contribution in [2.45, 2.75) is 25.1 Å². The van der Waals surface area contributed by atoms with Gasteiger partial charge in [-0.25, -0.2) is 0 Å². The highest BCUT2D eigenvalue weighted by atomic mass is 19.4. The molecule has 0 amide bonds. The maximum atomic E-state index is 12.4. The van der Waals surface area contributed by atoms with Gasteiger partial charge in [0, 0.05) is 26.7 Å². The lowest BCUT2D eigenvalue weighted by Crippen LogP contribution is -2.45. The van der Waals surface area contributed by atoms with Crippen LogP contribution >= 0.6 is 0 Å². The Labute approximate surface area is 159 Å². The van der Waals surface area contributed by atoms with Crippen molar-refractivity contribution in [1.29, 1.82) is 0 Å². The molecule has 152 valence electrons. The van der Waals surface area contributed by atoms with Gasteiger partial charge in [-0.05, 0) is 38.5 Å². The molecule has 0 aromatic heterocycles. The van der Waals surface area contributed by atoms with E-state index in [9.17, 15) is 13.2 Å². The molecule has 8 heteroatoms. The van der Waals surface area contributed by atoms with Crippen LogP contribution in [0.25, 0.3) is 0 Å². The summed E-state index contributed by atoms with van der Waals surface area (Å²) in [4.78, 5) is 7.90. The molecule has 1 aromatic rings. The van der Waals surface area contributed by atoms with Gasteiger partial charge in [0.15, 0.2) is 5.96 Å². The molecule has 27 heavy (non-hydrogen) atoms. The molecule has 1 heterocycles. The normalized spacial score (nSPS) is 17.3. The number of hydrogen-bond donors (Lipinski definition) is 2. The number of likely N-dealkylation sites (tertiary alicyclic amines) is 1. The Bertz CT molecular complexity index is 570. The van der Waals surface area contributed by atoms with Crippen LogP contribution in [-0.2, 0) is 0 Å². The van der Waals surface area contributed by atoms with E-state index in [0.29, 0.717) is 19.0 Å². The maximum Gasteiger partial charge on any atom is 0.401 e. The third-order valence-corrected chi connectivity index (χ3v) is 4.69. The second-order valence-corrected chi connectivity index (χ2v) is 6.90. The van der Waals surface area contributed by atoms with E-state index in [4.69, 9.17) is 0 Å². The number of rotatable bonds is 8. The standard InChI is InChI=1S/C19H30F3N5/c1-23-18(24-10-13-26(2)15-19(20,21)22)25-14-17(27-11-6-7-12-27)16-8-4-3-5-9-16/h3-5,8-9,17H,6-7,10-15H2,1-2H3,(H2,23,24,25). The van der Waals surface area contributed by atoms with E-state index in [1.807, 2.05) is 18.2 Å². The average molecular weight is 385 g/mol. The number of alkyl halides is 3. The van der Waals surface area contributed by atoms with Crippen molar-refractivity contribution < 1.29 is 13.2 Å². The molecular weight excluding hydrogens is 355 g/mol. The first-order valence-electron chi connectivity index (χ1n) is 9.38. The molecule has 0 spiro atoms. The molecule has 0 saturated carbocycles. The number of benzene rings is 1. The predicted molar refractivity (Wildman–Crippen MR) is 103 cm³/mol. The molecule has 1 aromatic carbocycles. The number of hydrogen-bond acceptors (Lipinski definition) is 3. The van der Waals surface area contributed by atoms with Crippen molar-refractivity contribution in [1.82, 2.24) is 20.4 Å². The maximum absolute atomic E-state index is 12.4. The van der Waals surface area contributed by atoms with Gasteiger partial charge in [-0.2, -0.15) is 13.2 Å². The number of nitrogens with one attached hydrogen (secondary N) is 2. The fourth-order valence-electron chi connectivity index (χ4n) is 3.35. The van der Waals surface area contributed by atoms with Crippen LogP contribution in [0.5, 0.6) is 0 Å². The highest BCUT2D eigenvalue weighted by Crippen LogP contribution is 2.24. The van der Waals surface area contributed by atoms with Gasteiger partial charge in [-0.3, -0.25) is 14.8 Å². The Balaban J connectivity index is 1.83. The van der Waals surface area contributed by atoms with E-state index < -0.39 is 12.7 Å². The van der Waals surface area contributed by atoms with Crippen molar-refractivity contribution in [3.05, 3.63) is 35.9 Å². The highest BCUT2D eigenvalue weighted by Gasteiger charge is 2.29. The second-order valence-electron chi connectivity index (χ2n) is 6.90. The Morgan fingerprint density at radius 3 is 2.44 bits per heavy atom. The topological polar surface area (TPSA) is 42.9 Å². The molecule has 1 atom stereocenters. The number of likely N-dealkylation sites (N-methyl/N-ethyl adjacent to an activating group) is 1. The summed E-state index contributed by atoms with van der Waals surface area (Å²) in [5, 5.41) is 6.42. The minimum atomic E-state index is -4.17. The molecule has 1 aliphatic heterocycles. The van der Waals surface area contributed by atoms with Crippen LogP contribution in [0.2, 0.25) is 0 Å². The zero-order valence-corrected chi connectivity index (χ0v) is 16.1. The molecule has 1 unspecified atom stereocenters. The number of aliphatic imine (C=N–C) groups is 1. The van der Waals surface area contributed by atoms with Gasteiger partial charge in [0.05, 0.1) is 12.6 Å². The molecule has 1 fully saturated rings. The Hall–Kier alpha value is -1.80. The van der Waals surface area contributed by atoms with Gasteiger partial charge < -0.3 is 10.6 Å². The van der Waals surface area contributed by atoms with Crippen molar-refractivity contribution >= 4 is 5.96 Å². The summed E-state index contributed by atoms with van der Waals surface area (Å²) in [7, 11) is 3.13. The minimum Gasteiger partial charge on any atom is -0.355 e. The van der Waals surface area contributed by atoms with E-state index in [0.717, 1.165) is 13.1 Å². The highest BCUT2D eigenvalue weighted by molar-refractivity contribution is 5.79. The Morgan fingerprint density at radius 2 is 1.85 bits per heavy atom. The van der Waals surface area contributed by atoms with Crippen molar-refractivity contribution in [3.8, 4) is 0 Å². The Morgan fingerprint density at radius 1 is 1.19 bits per heavy atom. The van der Waals surface area contributed by atoms with Gasteiger partial charge in [-0.1, -0.05) is 30.3 Å². The number of nitrogens with zero attached hydrogens (tertiary/aromatic N) is 3. The van der Waals surface area contributed by atoms with Crippen molar-refractivity contribution in [2.75, 3.05) is 53.4 Å². The second kappa shape index (κ2) is 10.5. The van der Waals surface area contributed by atoms with Crippen LogP contribution in [0, 0.1) is 0 Å². The van der Waals surface area contributed by atoms with Gasteiger partial charge in [0.1, 0.15) is 0 Å². The number of guanidine groups is 1. The zero-order valence-electron chi connectivity index (χ0n) is 16.1. The molecule has 0 radical (unpaired) electrons. The largest absolute Gasteiger partial charge is 0.401 e. The van der Waals surface area contributed by atoms with Crippen LogP contribution < -0.4 is 10.6 Å². The SMILES string of the molecule is CN=C(NCCN(C)CC(F)(F)F)NCC(c1ccccc1)N1CCCC1. The average Bonchev–Trinajstić information content (AvgIpc) is 3.14. The van der Waals surface area contributed by atoms with Crippen LogP contribution in [0.1, 0.15) is 24.4 Å². The van der Waals surface area contributed by atoms with E-state index in [-0.39, 0.29) is 12.6 Å². The molecule has 1 saturated heterocycles. The Kier molecular flexibility index (Phi) is 8.37. The lowest BCUT2D eigenvalue weighted by Gasteiger charge is -2.29. The van der Waals surface area contributed by atoms with Crippen LogP contribution in [0.3, 0.4) is 0 Å². The number of halogens is 3. The third kappa shape index (κ3) is 7.76. The van der Waals surface area contributed by atoms with E-state index >= 15 is 0 Å². The van der Waals surface area contributed by atoms with Gasteiger partial charge in [-0.15, -0.1) is 0 Å². The van der Waals surface area contributed by atoms with Crippen LogP contribution in [-0.4, -0.2) is 75.3 Å². The molecule has 2 rings (SSSR count). The molecule has 2 N–H and O–H groups in total. The first-order chi connectivity index (χ1) is 12.9. The lowest BCUT2D eigenvalue weighted by atomic mass is 10.1. The molecule has 0 aliphatic carbocycles. The fraction of sp³-hybridized carbons (Fsp3) is 0.632. The summed E-state index contributed by atoms with van der Waals surface area (Å²) in [5.41, 5.74) is 1.26. The quantitative estimate of drug-likeness (QED) is 0.533. The summed E-state index contributed by atoms with van der Waals surface area (Å²) in [6.07, 6.45) is -1.75. The van der Waals surface area contributed by atoms with Crippen molar-refractivity contribution in [2.24, 2.45) is 4.99 Å². The molecule has 0 bridgehead atoms. The van der Waals surface area contributed by atoms with E-state index in [1.165, 1.54) is 30.4 Å². The summed E-state index contributed by atoms with van der Waals surface area (Å²) < 4.78 is 37.1. The van der Waals surface area contributed by atoms with Crippen LogP contribution in [0.15, 0.2) is 35.3 Å². The van der Waals surface area contributed by atoms with E-state index in [2.05, 4.69) is 32.7 Å².